The molecule has 3 aromatic rings. The number of benzene rings is 3. The van der Waals surface area contributed by atoms with Gasteiger partial charge >= 0.3 is 5.97 Å². The number of carbonyl (C=O) groups is 3. The summed E-state index contributed by atoms with van der Waals surface area (Å²) in [6.45, 7) is 1.47. The smallest absolute Gasteiger partial charge is 0.339 e. The molecule has 0 radical (unpaired) electrons. The molecule has 0 fully saturated rings. The number of rotatable bonds is 6. The Morgan fingerprint density at radius 3 is 2.28 bits per heavy atom. The Morgan fingerprint density at radius 1 is 0.897 bits per heavy atom. The molecule has 146 valence electrons. The number of carbonyl (C=O) groups excluding carboxylic acids is 3. The fourth-order valence-corrected chi connectivity index (χ4v) is 3.09. The summed E-state index contributed by atoms with van der Waals surface area (Å²) in [7, 11) is 0. The Balaban J connectivity index is 1.69. The van der Waals surface area contributed by atoms with E-state index in [9.17, 15) is 14.4 Å². The van der Waals surface area contributed by atoms with Crippen molar-refractivity contribution in [3.05, 3.63) is 99.5 Å². The van der Waals surface area contributed by atoms with Crippen molar-refractivity contribution in [2.45, 2.75) is 6.92 Å². The van der Waals surface area contributed by atoms with Crippen molar-refractivity contribution in [2.75, 3.05) is 11.9 Å². The lowest BCUT2D eigenvalue weighted by atomic mass is 9.98. The first kappa shape index (κ1) is 20.5. The van der Waals surface area contributed by atoms with Gasteiger partial charge < -0.3 is 10.1 Å². The SMILES string of the molecule is Cc1ccc(C(=O)c2ccccc2C(=O)OCC(=O)Nc2cccc(Br)c2)cc1. The van der Waals surface area contributed by atoms with Gasteiger partial charge in [-0.3, -0.25) is 9.59 Å². The lowest BCUT2D eigenvalue weighted by Gasteiger charge is -2.10. The summed E-state index contributed by atoms with van der Waals surface area (Å²) in [6, 6.07) is 20.6. The minimum absolute atomic E-state index is 0.119. The van der Waals surface area contributed by atoms with Crippen LogP contribution in [-0.4, -0.2) is 24.3 Å². The Labute approximate surface area is 176 Å². The predicted molar refractivity (Wildman–Crippen MR) is 114 cm³/mol. The summed E-state index contributed by atoms with van der Waals surface area (Å²) < 4.78 is 5.94. The summed E-state index contributed by atoms with van der Waals surface area (Å²) in [5.41, 5.74) is 2.44. The quantitative estimate of drug-likeness (QED) is 0.432. The number of aryl methyl sites for hydroxylation is 1. The third-order valence-corrected chi connectivity index (χ3v) is 4.64. The lowest BCUT2D eigenvalue weighted by Crippen LogP contribution is -2.22. The maximum Gasteiger partial charge on any atom is 0.339 e. The highest BCUT2D eigenvalue weighted by Crippen LogP contribution is 2.17. The average Bonchev–Trinajstić information content (AvgIpc) is 2.72. The molecular weight excluding hydrogens is 434 g/mol. The van der Waals surface area contributed by atoms with Crippen molar-refractivity contribution in [3.63, 3.8) is 0 Å². The number of hydrogen-bond acceptors (Lipinski definition) is 4. The van der Waals surface area contributed by atoms with E-state index in [4.69, 9.17) is 4.74 Å². The summed E-state index contributed by atoms with van der Waals surface area (Å²) in [5.74, 6) is -1.49. The molecule has 0 saturated carbocycles. The lowest BCUT2D eigenvalue weighted by molar-refractivity contribution is -0.119. The topological polar surface area (TPSA) is 72.5 Å². The van der Waals surface area contributed by atoms with Crippen molar-refractivity contribution < 1.29 is 19.1 Å². The summed E-state index contributed by atoms with van der Waals surface area (Å²) in [4.78, 5) is 37.4. The van der Waals surface area contributed by atoms with Crippen molar-refractivity contribution in [1.29, 1.82) is 0 Å². The number of ether oxygens (including phenoxy) is 1. The van der Waals surface area contributed by atoms with E-state index in [1.807, 2.05) is 25.1 Å². The van der Waals surface area contributed by atoms with E-state index in [-0.39, 0.29) is 16.9 Å². The standard InChI is InChI=1S/C23H18BrNO4/c1-15-9-11-16(12-10-15)22(27)19-7-2-3-8-20(19)23(28)29-14-21(26)25-18-6-4-5-17(24)13-18/h2-13H,14H2,1H3,(H,25,26). The number of nitrogens with one attached hydrogen (secondary N) is 1. The van der Waals surface area contributed by atoms with E-state index in [0.29, 0.717) is 11.3 Å². The molecule has 0 unspecified atom stereocenters. The highest BCUT2D eigenvalue weighted by Gasteiger charge is 2.20. The fourth-order valence-electron chi connectivity index (χ4n) is 2.69. The number of ketones is 1. The predicted octanol–water partition coefficient (Wildman–Crippen LogP) is 4.78. The molecular formula is C23H18BrNO4. The molecule has 1 N–H and O–H groups in total. The minimum Gasteiger partial charge on any atom is -0.452 e. The second-order valence-electron chi connectivity index (χ2n) is 6.38. The van der Waals surface area contributed by atoms with Crippen LogP contribution in [0.25, 0.3) is 0 Å². The monoisotopic (exact) mass is 451 g/mol. The van der Waals surface area contributed by atoms with Gasteiger partial charge in [0.25, 0.3) is 5.91 Å². The fraction of sp³-hybridized carbons (Fsp3) is 0.0870. The van der Waals surface area contributed by atoms with Gasteiger partial charge in [-0.1, -0.05) is 70.0 Å². The molecule has 0 aromatic heterocycles. The Hall–Kier alpha value is -3.25. The average molecular weight is 452 g/mol. The van der Waals surface area contributed by atoms with Crippen LogP contribution in [0.3, 0.4) is 0 Å². The van der Waals surface area contributed by atoms with Crippen LogP contribution in [-0.2, 0) is 9.53 Å². The third kappa shape index (κ3) is 5.39. The molecule has 1 amide bonds. The van der Waals surface area contributed by atoms with Gasteiger partial charge in [0.15, 0.2) is 12.4 Å². The Kier molecular flexibility index (Phi) is 6.57. The first-order chi connectivity index (χ1) is 13.9. The van der Waals surface area contributed by atoms with E-state index in [2.05, 4.69) is 21.2 Å². The molecule has 0 bridgehead atoms. The van der Waals surface area contributed by atoms with Crippen LogP contribution in [0.15, 0.2) is 77.3 Å². The summed E-state index contributed by atoms with van der Waals surface area (Å²) in [5, 5.41) is 2.64. The minimum atomic E-state index is -0.731. The molecule has 0 aliphatic heterocycles. The van der Waals surface area contributed by atoms with Gasteiger partial charge in [-0.05, 0) is 31.2 Å². The second-order valence-corrected chi connectivity index (χ2v) is 7.29. The Bertz CT molecular complexity index is 1060. The highest BCUT2D eigenvalue weighted by atomic mass is 79.9. The van der Waals surface area contributed by atoms with Crippen LogP contribution in [0, 0.1) is 6.92 Å². The molecule has 0 heterocycles. The molecule has 0 saturated heterocycles. The zero-order valence-electron chi connectivity index (χ0n) is 15.6. The van der Waals surface area contributed by atoms with Crippen molar-refractivity contribution in [3.8, 4) is 0 Å². The van der Waals surface area contributed by atoms with Gasteiger partial charge in [-0.25, -0.2) is 4.79 Å². The maximum absolute atomic E-state index is 12.8. The first-order valence-electron chi connectivity index (χ1n) is 8.87. The zero-order chi connectivity index (χ0) is 20.8. The number of amides is 1. The van der Waals surface area contributed by atoms with Gasteiger partial charge in [-0.15, -0.1) is 0 Å². The number of hydrogen-bond donors (Lipinski definition) is 1. The highest BCUT2D eigenvalue weighted by molar-refractivity contribution is 9.10. The van der Waals surface area contributed by atoms with Crippen LogP contribution in [0.2, 0.25) is 0 Å². The van der Waals surface area contributed by atoms with Crippen LogP contribution in [0.4, 0.5) is 5.69 Å². The normalized spacial score (nSPS) is 10.3. The van der Waals surface area contributed by atoms with E-state index >= 15 is 0 Å². The van der Waals surface area contributed by atoms with Crippen LogP contribution in [0.5, 0.6) is 0 Å². The maximum atomic E-state index is 12.8. The van der Waals surface area contributed by atoms with Crippen LogP contribution >= 0.6 is 15.9 Å². The summed E-state index contributed by atoms with van der Waals surface area (Å²) >= 11 is 3.32. The van der Waals surface area contributed by atoms with Gasteiger partial charge in [0.2, 0.25) is 0 Å². The molecule has 0 spiro atoms. The zero-order valence-corrected chi connectivity index (χ0v) is 17.2. The molecule has 0 aliphatic carbocycles. The molecule has 3 rings (SSSR count). The molecule has 0 atom stereocenters. The Morgan fingerprint density at radius 2 is 1.59 bits per heavy atom. The number of anilines is 1. The molecule has 5 nitrogen and oxygen atoms in total. The van der Waals surface area contributed by atoms with Crippen molar-refractivity contribution in [1.82, 2.24) is 0 Å². The van der Waals surface area contributed by atoms with E-state index in [1.165, 1.54) is 6.07 Å². The van der Waals surface area contributed by atoms with Crippen LogP contribution < -0.4 is 5.32 Å². The van der Waals surface area contributed by atoms with Crippen molar-refractivity contribution in [2.24, 2.45) is 0 Å². The van der Waals surface area contributed by atoms with E-state index in [1.54, 1.807) is 48.5 Å². The second kappa shape index (κ2) is 9.30. The molecule has 6 heteroatoms. The van der Waals surface area contributed by atoms with E-state index in [0.717, 1.165) is 10.0 Å². The first-order valence-corrected chi connectivity index (χ1v) is 9.66. The van der Waals surface area contributed by atoms with Gasteiger partial charge in [-0.2, -0.15) is 0 Å². The van der Waals surface area contributed by atoms with Crippen molar-refractivity contribution >= 4 is 39.3 Å². The van der Waals surface area contributed by atoms with Gasteiger partial charge in [0.05, 0.1) is 5.56 Å². The van der Waals surface area contributed by atoms with Crippen LogP contribution in [0.1, 0.15) is 31.8 Å². The third-order valence-electron chi connectivity index (χ3n) is 4.15. The van der Waals surface area contributed by atoms with Gasteiger partial charge in [0.1, 0.15) is 0 Å². The largest absolute Gasteiger partial charge is 0.452 e. The number of halogens is 1. The number of esters is 1. The van der Waals surface area contributed by atoms with Gasteiger partial charge in [0, 0.05) is 21.3 Å². The molecule has 3 aromatic carbocycles. The molecule has 0 aliphatic rings. The van der Waals surface area contributed by atoms with E-state index < -0.39 is 18.5 Å². The molecule has 29 heavy (non-hydrogen) atoms. The summed E-state index contributed by atoms with van der Waals surface area (Å²) in [6.07, 6.45) is 0.